The van der Waals surface area contributed by atoms with Crippen LogP contribution in [-0.4, -0.2) is 26.2 Å². The molecule has 1 N–H and O–H groups in total. The van der Waals surface area contributed by atoms with Gasteiger partial charge in [-0.15, -0.1) is 5.10 Å². The molecule has 19 heavy (non-hydrogen) atoms. The Labute approximate surface area is 109 Å². The Morgan fingerprint density at radius 3 is 2.74 bits per heavy atom. The zero-order valence-electron chi connectivity index (χ0n) is 10.8. The van der Waals surface area contributed by atoms with Gasteiger partial charge in [0.25, 0.3) is 0 Å². The minimum Gasteiger partial charge on any atom is -0.308 e. The maximum atomic E-state index is 13.1. The molecule has 0 radical (unpaired) electrons. The van der Waals surface area contributed by atoms with Gasteiger partial charge in [-0.25, -0.2) is 13.5 Å². The summed E-state index contributed by atoms with van der Waals surface area (Å²) in [6, 6.07) is 4.07. The van der Waals surface area contributed by atoms with Gasteiger partial charge in [-0.3, -0.25) is 0 Å². The zero-order chi connectivity index (χ0) is 13.8. The van der Waals surface area contributed by atoms with Gasteiger partial charge in [-0.2, -0.15) is 0 Å². The Bertz CT molecular complexity index is 553. The van der Waals surface area contributed by atoms with Crippen molar-refractivity contribution in [1.82, 2.24) is 25.5 Å². The van der Waals surface area contributed by atoms with E-state index in [1.807, 2.05) is 13.8 Å². The highest BCUT2D eigenvalue weighted by Crippen LogP contribution is 2.10. The van der Waals surface area contributed by atoms with E-state index < -0.39 is 11.6 Å². The van der Waals surface area contributed by atoms with Crippen molar-refractivity contribution in [2.45, 2.75) is 33.0 Å². The Morgan fingerprint density at radius 2 is 2.05 bits per heavy atom. The van der Waals surface area contributed by atoms with Gasteiger partial charge < -0.3 is 5.32 Å². The third kappa shape index (κ3) is 3.54. The topological polar surface area (TPSA) is 55.6 Å². The lowest BCUT2D eigenvalue weighted by molar-refractivity contribution is 0.503. The molecule has 1 aromatic heterocycles. The first-order valence-electron chi connectivity index (χ1n) is 5.98. The average Bonchev–Trinajstić information content (AvgIpc) is 2.79. The van der Waals surface area contributed by atoms with E-state index in [2.05, 4.69) is 20.8 Å². The molecule has 0 aliphatic heterocycles. The molecule has 0 bridgehead atoms. The SMILES string of the molecule is CC(C)NCc1nnnn1Cc1ccc(F)c(F)c1. The van der Waals surface area contributed by atoms with Crippen LogP contribution in [0.3, 0.4) is 0 Å². The number of halogens is 2. The number of benzene rings is 1. The molecule has 1 aromatic carbocycles. The molecule has 2 aromatic rings. The molecule has 0 unspecified atom stereocenters. The molecule has 0 atom stereocenters. The molecule has 7 heteroatoms. The number of nitrogens with one attached hydrogen (secondary N) is 1. The second kappa shape index (κ2) is 5.83. The fourth-order valence-electron chi connectivity index (χ4n) is 1.58. The van der Waals surface area contributed by atoms with Gasteiger partial charge in [0.1, 0.15) is 0 Å². The smallest absolute Gasteiger partial charge is 0.165 e. The summed E-state index contributed by atoms with van der Waals surface area (Å²) in [4.78, 5) is 0. The van der Waals surface area contributed by atoms with Crippen LogP contribution in [0.15, 0.2) is 18.2 Å². The van der Waals surface area contributed by atoms with Crippen LogP contribution in [0, 0.1) is 11.6 Å². The maximum Gasteiger partial charge on any atom is 0.165 e. The normalized spacial score (nSPS) is 11.2. The minimum absolute atomic E-state index is 0.305. The highest BCUT2D eigenvalue weighted by molar-refractivity contribution is 5.18. The summed E-state index contributed by atoms with van der Waals surface area (Å²) in [5.41, 5.74) is 0.608. The van der Waals surface area contributed by atoms with Gasteiger partial charge in [-0.05, 0) is 28.1 Å². The van der Waals surface area contributed by atoms with Crippen molar-refractivity contribution >= 4 is 0 Å². The molecular weight excluding hydrogens is 252 g/mol. The molecule has 102 valence electrons. The highest BCUT2D eigenvalue weighted by Gasteiger charge is 2.09. The van der Waals surface area contributed by atoms with Crippen LogP contribution in [0.5, 0.6) is 0 Å². The van der Waals surface area contributed by atoms with E-state index >= 15 is 0 Å². The van der Waals surface area contributed by atoms with E-state index in [1.54, 1.807) is 4.68 Å². The summed E-state index contributed by atoms with van der Waals surface area (Å²) in [5, 5.41) is 14.5. The van der Waals surface area contributed by atoms with E-state index in [1.165, 1.54) is 6.07 Å². The lowest BCUT2D eigenvalue weighted by Crippen LogP contribution is -2.24. The molecule has 0 saturated carbocycles. The van der Waals surface area contributed by atoms with Crippen molar-refractivity contribution in [3.05, 3.63) is 41.2 Å². The van der Waals surface area contributed by atoms with Crippen molar-refractivity contribution in [2.24, 2.45) is 0 Å². The molecule has 0 saturated heterocycles. The van der Waals surface area contributed by atoms with Crippen LogP contribution in [0.1, 0.15) is 25.2 Å². The standard InChI is InChI=1S/C12H15F2N5/c1-8(2)15-6-12-16-17-18-19(12)7-9-3-4-10(13)11(14)5-9/h3-5,8,15H,6-7H2,1-2H3. The molecule has 0 fully saturated rings. The van der Waals surface area contributed by atoms with Crippen molar-refractivity contribution in [3.63, 3.8) is 0 Å². The summed E-state index contributed by atoms with van der Waals surface area (Å²) in [5.74, 6) is -1.08. The van der Waals surface area contributed by atoms with E-state index in [4.69, 9.17) is 0 Å². The number of nitrogens with zero attached hydrogens (tertiary/aromatic N) is 4. The lowest BCUT2D eigenvalue weighted by Gasteiger charge is -2.08. The van der Waals surface area contributed by atoms with Gasteiger partial charge in [0.2, 0.25) is 0 Å². The summed E-state index contributed by atoms with van der Waals surface area (Å²) in [7, 11) is 0. The largest absolute Gasteiger partial charge is 0.308 e. The molecular formula is C12H15F2N5. The molecule has 0 aliphatic carbocycles. The molecule has 2 rings (SSSR count). The van der Waals surface area contributed by atoms with Gasteiger partial charge >= 0.3 is 0 Å². The third-order valence-electron chi connectivity index (χ3n) is 2.59. The Balaban J connectivity index is 2.10. The molecule has 0 spiro atoms. The van der Waals surface area contributed by atoms with Crippen molar-refractivity contribution < 1.29 is 8.78 Å². The molecule has 5 nitrogen and oxygen atoms in total. The van der Waals surface area contributed by atoms with Crippen LogP contribution >= 0.6 is 0 Å². The maximum absolute atomic E-state index is 13.1. The first-order valence-corrected chi connectivity index (χ1v) is 5.98. The molecule has 1 heterocycles. The molecule has 0 amide bonds. The van der Waals surface area contributed by atoms with Crippen LogP contribution in [0.25, 0.3) is 0 Å². The van der Waals surface area contributed by atoms with Crippen LogP contribution in [0.4, 0.5) is 8.78 Å². The van der Waals surface area contributed by atoms with Crippen LogP contribution in [-0.2, 0) is 13.1 Å². The predicted molar refractivity (Wildman–Crippen MR) is 65.3 cm³/mol. The first-order chi connectivity index (χ1) is 9.06. The van der Waals surface area contributed by atoms with Gasteiger partial charge in [0, 0.05) is 6.04 Å². The summed E-state index contributed by atoms with van der Waals surface area (Å²) in [6.45, 7) is 4.86. The minimum atomic E-state index is -0.868. The second-order valence-corrected chi connectivity index (χ2v) is 4.54. The van der Waals surface area contributed by atoms with E-state index in [0.717, 1.165) is 12.1 Å². The number of hydrogen-bond donors (Lipinski definition) is 1. The van der Waals surface area contributed by atoms with E-state index in [9.17, 15) is 8.78 Å². The van der Waals surface area contributed by atoms with Crippen molar-refractivity contribution in [3.8, 4) is 0 Å². The predicted octanol–water partition coefficient (Wildman–Crippen LogP) is 1.50. The summed E-state index contributed by atoms with van der Waals surface area (Å²) < 4.78 is 27.5. The number of tetrazole rings is 1. The molecule has 0 aliphatic rings. The second-order valence-electron chi connectivity index (χ2n) is 4.54. The summed E-state index contributed by atoms with van der Waals surface area (Å²) >= 11 is 0. The Morgan fingerprint density at radius 1 is 1.26 bits per heavy atom. The number of aromatic nitrogens is 4. The van der Waals surface area contributed by atoms with E-state index in [0.29, 0.717) is 30.5 Å². The number of hydrogen-bond acceptors (Lipinski definition) is 4. The number of rotatable bonds is 5. The van der Waals surface area contributed by atoms with Gasteiger partial charge in [0.05, 0.1) is 13.1 Å². The van der Waals surface area contributed by atoms with Gasteiger partial charge in [0.15, 0.2) is 17.5 Å². The van der Waals surface area contributed by atoms with Crippen molar-refractivity contribution in [1.29, 1.82) is 0 Å². The summed E-state index contributed by atoms with van der Waals surface area (Å²) in [6.07, 6.45) is 0. The lowest BCUT2D eigenvalue weighted by atomic mass is 10.2. The highest BCUT2D eigenvalue weighted by atomic mass is 19.2. The van der Waals surface area contributed by atoms with Crippen LogP contribution in [0.2, 0.25) is 0 Å². The zero-order valence-corrected chi connectivity index (χ0v) is 10.8. The monoisotopic (exact) mass is 267 g/mol. The quantitative estimate of drug-likeness (QED) is 0.892. The Kier molecular flexibility index (Phi) is 4.16. The first kappa shape index (κ1) is 13.5. The Hall–Kier alpha value is -1.89. The van der Waals surface area contributed by atoms with Gasteiger partial charge in [-0.1, -0.05) is 19.9 Å². The van der Waals surface area contributed by atoms with E-state index in [-0.39, 0.29) is 0 Å². The third-order valence-corrected chi connectivity index (χ3v) is 2.59. The van der Waals surface area contributed by atoms with Crippen molar-refractivity contribution in [2.75, 3.05) is 0 Å². The average molecular weight is 267 g/mol. The van der Waals surface area contributed by atoms with Crippen LogP contribution < -0.4 is 5.32 Å². The fraction of sp³-hybridized carbons (Fsp3) is 0.417. The fourth-order valence-corrected chi connectivity index (χ4v) is 1.58.